The van der Waals surface area contributed by atoms with Crippen molar-refractivity contribution in [2.45, 2.75) is 20.0 Å². The smallest absolute Gasteiger partial charge is 0.387 e. The van der Waals surface area contributed by atoms with E-state index < -0.39 is 12.6 Å². The van der Waals surface area contributed by atoms with Gasteiger partial charge in [0.2, 0.25) is 0 Å². The molecule has 0 saturated carbocycles. The molecule has 0 aliphatic rings. The third-order valence-electron chi connectivity index (χ3n) is 3.01. The number of carbonyl (C=O) groups excluding carboxylic acids is 1. The highest BCUT2D eigenvalue weighted by Crippen LogP contribution is 2.29. The van der Waals surface area contributed by atoms with Gasteiger partial charge in [-0.3, -0.25) is 5.32 Å². The molecule has 2 N–H and O–H groups in total. The van der Waals surface area contributed by atoms with Crippen molar-refractivity contribution < 1.29 is 27.6 Å². The van der Waals surface area contributed by atoms with Gasteiger partial charge in [0.05, 0.1) is 7.11 Å². The van der Waals surface area contributed by atoms with E-state index in [1.807, 2.05) is 0 Å². The van der Waals surface area contributed by atoms with E-state index in [1.165, 1.54) is 19.2 Å². The fraction of sp³-hybridized carbons (Fsp3) is 0.333. The van der Waals surface area contributed by atoms with Crippen LogP contribution >= 0.6 is 0 Å². The molecule has 0 saturated heterocycles. The first-order valence-electron chi connectivity index (χ1n) is 7.08. The molecule has 0 spiro atoms. The Labute approximate surface area is 136 Å². The van der Waals surface area contributed by atoms with E-state index >= 15 is 0 Å². The molecular formula is C15H17F2N3O4. The number of halogens is 2. The van der Waals surface area contributed by atoms with Crippen LogP contribution in [0.2, 0.25) is 0 Å². The summed E-state index contributed by atoms with van der Waals surface area (Å²) in [6, 6.07) is 5.83. The molecule has 9 heteroatoms. The Balaban J connectivity index is 1.86. The van der Waals surface area contributed by atoms with Gasteiger partial charge < -0.3 is 19.3 Å². The number of anilines is 1. The van der Waals surface area contributed by atoms with Gasteiger partial charge in [0.1, 0.15) is 5.76 Å². The molecule has 1 aromatic heterocycles. The normalized spacial score (nSPS) is 10.5. The number of alkyl halides is 2. The highest BCUT2D eigenvalue weighted by atomic mass is 19.3. The topological polar surface area (TPSA) is 85.6 Å². The first-order valence-corrected chi connectivity index (χ1v) is 7.08. The van der Waals surface area contributed by atoms with E-state index in [9.17, 15) is 13.6 Å². The Morgan fingerprint density at radius 1 is 1.33 bits per heavy atom. The third kappa shape index (κ3) is 5.11. The molecule has 2 aromatic rings. The van der Waals surface area contributed by atoms with Crippen molar-refractivity contribution >= 4 is 11.8 Å². The van der Waals surface area contributed by atoms with E-state index in [0.29, 0.717) is 30.1 Å². The number of nitrogens with zero attached hydrogens (tertiary/aromatic N) is 1. The number of carbonyl (C=O) groups is 1. The summed E-state index contributed by atoms with van der Waals surface area (Å²) >= 11 is 0. The average molecular weight is 341 g/mol. The number of methoxy groups -OCH3 is 1. The van der Waals surface area contributed by atoms with Crippen molar-refractivity contribution in [2.24, 2.45) is 0 Å². The highest BCUT2D eigenvalue weighted by Gasteiger charge is 2.11. The van der Waals surface area contributed by atoms with E-state index in [4.69, 9.17) is 9.26 Å². The van der Waals surface area contributed by atoms with Gasteiger partial charge in [-0.25, -0.2) is 4.79 Å². The summed E-state index contributed by atoms with van der Waals surface area (Å²) in [5.74, 6) is 1.05. The second kappa shape index (κ2) is 8.14. The SMILES string of the molecule is COc1ccc(CCNC(=O)Nc2cc(C)on2)cc1OC(F)F. The molecule has 0 aliphatic heterocycles. The van der Waals surface area contributed by atoms with Crippen LogP contribution in [0.25, 0.3) is 0 Å². The van der Waals surface area contributed by atoms with Crippen molar-refractivity contribution in [1.29, 1.82) is 0 Å². The van der Waals surface area contributed by atoms with Crippen molar-refractivity contribution in [3.63, 3.8) is 0 Å². The molecule has 1 heterocycles. The molecule has 1 aromatic carbocycles. The molecule has 130 valence electrons. The summed E-state index contributed by atoms with van der Waals surface area (Å²) in [5.41, 5.74) is 0.712. The maximum Gasteiger partial charge on any atom is 0.387 e. The van der Waals surface area contributed by atoms with Crippen LogP contribution < -0.4 is 20.1 Å². The molecule has 2 rings (SSSR count). The van der Waals surface area contributed by atoms with E-state index in [0.717, 1.165) is 0 Å². The predicted octanol–water partition coefficient (Wildman–Crippen LogP) is 2.96. The summed E-state index contributed by atoms with van der Waals surface area (Å²) in [6.45, 7) is -0.939. The minimum atomic E-state index is -2.94. The fourth-order valence-corrected chi connectivity index (χ4v) is 1.97. The second-order valence-electron chi connectivity index (χ2n) is 4.82. The van der Waals surface area contributed by atoms with Gasteiger partial charge in [-0.05, 0) is 31.0 Å². The lowest BCUT2D eigenvalue weighted by Gasteiger charge is -2.12. The van der Waals surface area contributed by atoms with E-state index in [-0.39, 0.29) is 11.5 Å². The van der Waals surface area contributed by atoms with Crippen LogP contribution in [0, 0.1) is 6.92 Å². The Bertz CT molecular complexity index is 691. The number of rotatable bonds is 7. The van der Waals surface area contributed by atoms with Crippen molar-refractivity contribution in [3.05, 3.63) is 35.6 Å². The number of aromatic nitrogens is 1. The number of hydrogen-bond acceptors (Lipinski definition) is 5. The predicted molar refractivity (Wildman–Crippen MR) is 81.6 cm³/mol. The number of amides is 2. The zero-order valence-corrected chi connectivity index (χ0v) is 13.1. The van der Waals surface area contributed by atoms with Crippen LogP contribution in [-0.2, 0) is 6.42 Å². The number of nitrogens with one attached hydrogen (secondary N) is 2. The van der Waals surface area contributed by atoms with Gasteiger partial charge in [0.25, 0.3) is 0 Å². The largest absolute Gasteiger partial charge is 0.493 e. The lowest BCUT2D eigenvalue weighted by Crippen LogP contribution is -2.30. The fourth-order valence-electron chi connectivity index (χ4n) is 1.97. The molecule has 0 fully saturated rings. The Morgan fingerprint density at radius 3 is 2.75 bits per heavy atom. The van der Waals surface area contributed by atoms with Crippen LogP contribution in [0.15, 0.2) is 28.8 Å². The standard InChI is InChI=1S/C15H17F2N3O4/c1-9-7-13(20-24-9)19-15(21)18-6-5-10-3-4-11(22-2)12(8-10)23-14(16)17/h3-4,7-8,14H,5-6H2,1-2H3,(H2,18,19,20,21). The van der Waals surface area contributed by atoms with Crippen LogP contribution in [0.5, 0.6) is 11.5 Å². The third-order valence-corrected chi connectivity index (χ3v) is 3.01. The van der Waals surface area contributed by atoms with Crippen LogP contribution in [0.1, 0.15) is 11.3 Å². The second-order valence-corrected chi connectivity index (χ2v) is 4.82. The molecule has 24 heavy (non-hydrogen) atoms. The zero-order chi connectivity index (χ0) is 17.5. The lowest BCUT2D eigenvalue weighted by molar-refractivity contribution is -0.0512. The minimum absolute atomic E-state index is 0.0486. The van der Waals surface area contributed by atoms with Crippen LogP contribution in [-0.4, -0.2) is 31.5 Å². The van der Waals surface area contributed by atoms with Gasteiger partial charge in [-0.15, -0.1) is 0 Å². The number of ether oxygens (including phenoxy) is 2. The lowest BCUT2D eigenvalue weighted by atomic mass is 10.1. The summed E-state index contributed by atoms with van der Waals surface area (Å²) in [7, 11) is 1.37. The van der Waals surface area contributed by atoms with E-state index in [1.54, 1.807) is 19.1 Å². The highest BCUT2D eigenvalue weighted by molar-refractivity contribution is 5.88. The quantitative estimate of drug-likeness (QED) is 0.809. The summed E-state index contributed by atoms with van der Waals surface area (Å²) in [6.07, 6.45) is 0.425. The maximum atomic E-state index is 12.4. The molecule has 0 unspecified atom stereocenters. The van der Waals surface area contributed by atoms with Crippen molar-refractivity contribution in [3.8, 4) is 11.5 Å². The molecule has 0 aliphatic carbocycles. The monoisotopic (exact) mass is 341 g/mol. The van der Waals surface area contributed by atoms with Gasteiger partial charge >= 0.3 is 12.6 Å². The van der Waals surface area contributed by atoms with Gasteiger partial charge in [0.15, 0.2) is 17.3 Å². The Morgan fingerprint density at radius 2 is 2.12 bits per heavy atom. The Kier molecular flexibility index (Phi) is 5.94. The average Bonchev–Trinajstić information content (AvgIpc) is 2.92. The number of aryl methyl sites for hydroxylation is 1. The van der Waals surface area contributed by atoms with Crippen LogP contribution in [0.4, 0.5) is 19.4 Å². The molecule has 0 bridgehead atoms. The maximum absolute atomic E-state index is 12.4. The number of hydrogen-bond donors (Lipinski definition) is 2. The number of urea groups is 1. The first-order chi connectivity index (χ1) is 11.5. The van der Waals surface area contributed by atoms with Crippen molar-refractivity contribution in [2.75, 3.05) is 19.0 Å². The minimum Gasteiger partial charge on any atom is -0.493 e. The molecule has 0 radical (unpaired) electrons. The van der Waals surface area contributed by atoms with Crippen molar-refractivity contribution in [1.82, 2.24) is 10.5 Å². The van der Waals surface area contributed by atoms with E-state index in [2.05, 4.69) is 20.5 Å². The summed E-state index contributed by atoms with van der Waals surface area (Å²) in [4.78, 5) is 11.7. The summed E-state index contributed by atoms with van der Waals surface area (Å²) < 4.78 is 39.0. The number of benzene rings is 1. The van der Waals surface area contributed by atoms with Gasteiger partial charge in [-0.2, -0.15) is 8.78 Å². The first kappa shape index (κ1) is 17.5. The summed E-state index contributed by atoms with van der Waals surface area (Å²) in [5, 5.41) is 8.76. The van der Waals surface area contributed by atoms with Gasteiger partial charge in [-0.1, -0.05) is 11.2 Å². The molecule has 2 amide bonds. The molecular weight excluding hydrogens is 324 g/mol. The molecule has 7 nitrogen and oxygen atoms in total. The van der Waals surface area contributed by atoms with Gasteiger partial charge in [0, 0.05) is 12.6 Å². The van der Waals surface area contributed by atoms with Crippen LogP contribution in [0.3, 0.4) is 0 Å². The Hall–Kier alpha value is -2.84. The zero-order valence-electron chi connectivity index (χ0n) is 13.1. The molecule has 0 atom stereocenters.